The van der Waals surface area contributed by atoms with E-state index in [1.54, 1.807) is 0 Å². The molecule has 0 heterocycles. The van der Waals surface area contributed by atoms with Gasteiger partial charge in [-0.15, -0.1) is 0 Å². The molecule has 1 N–H and O–H groups in total. The smallest absolute Gasteiger partial charge is 0.0177 e. The van der Waals surface area contributed by atoms with Crippen molar-refractivity contribution in [1.82, 2.24) is 10.2 Å². The molecule has 0 saturated heterocycles. The van der Waals surface area contributed by atoms with Gasteiger partial charge in [0.2, 0.25) is 0 Å². The summed E-state index contributed by atoms with van der Waals surface area (Å²) < 4.78 is 0. The number of hydrogen-bond donors (Lipinski definition) is 1. The number of hydrogen-bond acceptors (Lipinski definition) is 2. The van der Waals surface area contributed by atoms with E-state index in [-0.39, 0.29) is 11.0 Å². The summed E-state index contributed by atoms with van der Waals surface area (Å²) in [6, 6.07) is 11.8. The van der Waals surface area contributed by atoms with Crippen LogP contribution >= 0.6 is 0 Å². The Hall–Kier alpha value is -0.860. The molecule has 1 saturated carbocycles. The second-order valence-electron chi connectivity index (χ2n) is 7.60. The molecule has 0 aliphatic heterocycles. The van der Waals surface area contributed by atoms with Crippen LogP contribution in [0, 0.1) is 0 Å². The third-order valence-corrected chi connectivity index (χ3v) is 5.31. The van der Waals surface area contributed by atoms with Crippen LogP contribution in [0.5, 0.6) is 0 Å². The molecular weight excluding hydrogens is 256 g/mol. The highest BCUT2D eigenvalue weighted by atomic mass is 15.2. The van der Waals surface area contributed by atoms with Gasteiger partial charge in [-0.3, -0.25) is 0 Å². The minimum atomic E-state index is 0.158. The molecule has 0 amide bonds. The summed E-state index contributed by atoms with van der Waals surface area (Å²) in [6.07, 6.45) is 3.87. The Bertz CT molecular complexity index is 436. The third kappa shape index (κ3) is 4.31. The van der Waals surface area contributed by atoms with Gasteiger partial charge in [0, 0.05) is 30.1 Å². The highest BCUT2D eigenvalue weighted by Gasteiger charge is 2.34. The van der Waals surface area contributed by atoms with E-state index in [2.05, 4.69) is 75.3 Å². The van der Waals surface area contributed by atoms with Crippen LogP contribution < -0.4 is 5.32 Å². The molecular formula is C19H32N2. The first-order valence-corrected chi connectivity index (χ1v) is 8.37. The Morgan fingerprint density at radius 1 is 1.14 bits per heavy atom. The lowest BCUT2D eigenvalue weighted by atomic mass is 9.80. The summed E-state index contributed by atoms with van der Waals surface area (Å²) in [7, 11) is 2.27. The minimum Gasteiger partial charge on any atom is -0.313 e. The maximum Gasteiger partial charge on any atom is 0.0177 e. The van der Waals surface area contributed by atoms with Crippen molar-refractivity contribution < 1.29 is 0 Å². The predicted octanol–water partition coefficient (Wildman–Crippen LogP) is 3.82. The molecule has 1 aliphatic carbocycles. The molecule has 1 aromatic rings. The Morgan fingerprint density at radius 2 is 1.76 bits per heavy atom. The standard InChI is InChI=1S/C19H32N2/c1-6-18(2,3)21(5)15-19(4,14-20-17-12-13-17)16-10-8-7-9-11-16/h7-11,17,20H,6,12-15H2,1-5H3. The van der Waals surface area contributed by atoms with E-state index >= 15 is 0 Å². The molecule has 2 nitrogen and oxygen atoms in total. The normalized spacial score (nSPS) is 18.8. The van der Waals surface area contributed by atoms with Gasteiger partial charge in [0.25, 0.3) is 0 Å². The van der Waals surface area contributed by atoms with Crippen molar-refractivity contribution in [2.24, 2.45) is 0 Å². The van der Waals surface area contributed by atoms with Crippen molar-refractivity contribution in [3.8, 4) is 0 Å². The van der Waals surface area contributed by atoms with Gasteiger partial charge in [0.1, 0.15) is 0 Å². The fourth-order valence-electron chi connectivity index (χ4n) is 2.75. The first kappa shape index (κ1) is 16.5. The monoisotopic (exact) mass is 288 g/mol. The first-order chi connectivity index (χ1) is 9.87. The molecule has 1 aromatic carbocycles. The SMILES string of the molecule is CCC(C)(C)N(C)CC(C)(CNC1CC1)c1ccccc1. The number of nitrogens with zero attached hydrogens (tertiary/aromatic N) is 1. The molecule has 1 unspecified atom stereocenters. The second kappa shape index (κ2) is 6.50. The lowest BCUT2D eigenvalue weighted by molar-refractivity contribution is 0.118. The van der Waals surface area contributed by atoms with Crippen LogP contribution in [0.4, 0.5) is 0 Å². The summed E-state index contributed by atoms with van der Waals surface area (Å²) in [4.78, 5) is 2.52. The van der Waals surface area contributed by atoms with Crippen LogP contribution in [0.2, 0.25) is 0 Å². The Balaban J connectivity index is 2.14. The molecule has 1 fully saturated rings. The molecule has 21 heavy (non-hydrogen) atoms. The molecule has 0 spiro atoms. The molecule has 2 heteroatoms. The number of likely N-dealkylation sites (N-methyl/N-ethyl adjacent to an activating group) is 1. The number of nitrogens with one attached hydrogen (secondary N) is 1. The maximum absolute atomic E-state index is 3.74. The average molecular weight is 288 g/mol. The van der Waals surface area contributed by atoms with E-state index in [9.17, 15) is 0 Å². The summed E-state index contributed by atoms with van der Waals surface area (Å²) in [5.74, 6) is 0. The van der Waals surface area contributed by atoms with Gasteiger partial charge in [0.15, 0.2) is 0 Å². The van der Waals surface area contributed by atoms with Gasteiger partial charge in [-0.2, -0.15) is 0 Å². The van der Waals surface area contributed by atoms with Crippen molar-refractivity contribution in [3.63, 3.8) is 0 Å². The summed E-state index contributed by atoms with van der Waals surface area (Å²) in [5, 5.41) is 3.74. The Morgan fingerprint density at radius 3 is 2.29 bits per heavy atom. The minimum absolute atomic E-state index is 0.158. The Kier molecular flexibility index (Phi) is 5.11. The van der Waals surface area contributed by atoms with Gasteiger partial charge >= 0.3 is 0 Å². The summed E-state index contributed by atoms with van der Waals surface area (Å²) >= 11 is 0. The van der Waals surface area contributed by atoms with Crippen LogP contribution in [0.25, 0.3) is 0 Å². The fourth-order valence-corrected chi connectivity index (χ4v) is 2.75. The van der Waals surface area contributed by atoms with Crippen molar-refractivity contribution in [2.45, 2.75) is 64.0 Å². The molecule has 2 rings (SSSR count). The zero-order valence-electron chi connectivity index (χ0n) is 14.4. The van der Waals surface area contributed by atoms with E-state index in [4.69, 9.17) is 0 Å². The van der Waals surface area contributed by atoms with Crippen molar-refractivity contribution >= 4 is 0 Å². The highest BCUT2D eigenvalue weighted by molar-refractivity contribution is 5.26. The predicted molar refractivity (Wildman–Crippen MR) is 91.8 cm³/mol. The lowest BCUT2D eigenvalue weighted by Crippen LogP contribution is -2.51. The summed E-state index contributed by atoms with van der Waals surface area (Å²) in [6.45, 7) is 11.5. The third-order valence-electron chi connectivity index (χ3n) is 5.31. The van der Waals surface area contributed by atoms with Gasteiger partial charge in [0.05, 0.1) is 0 Å². The highest BCUT2D eigenvalue weighted by Crippen LogP contribution is 2.29. The van der Waals surface area contributed by atoms with E-state index in [1.165, 1.54) is 24.8 Å². The molecule has 0 bridgehead atoms. The van der Waals surface area contributed by atoms with E-state index < -0.39 is 0 Å². The van der Waals surface area contributed by atoms with Gasteiger partial charge in [-0.25, -0.2) is 0 Å². The van der Waals surface area contributed by atoms with Crippen LogP contribution in [-0.4, -0.2) is 36.6 Å². The van der Waals surface area contributed by atoms with Crippen molar-refractivity contribution in [1.29, 1.82) is 0 Å². The van der Waals surface area contributed by atoms with Crippen LogP contribution in [0.3, 0.4) is 0 Å². The number of rotatable bonds is 8. The van der Waals surface area contributed by atoms with E-state index in [0.29, 0.717) is 0 Å². The molecule has 1 atom stereocenters. The quantitative estimate of drug-likeness (QED) is 0.782. The van der Waals surface area contributed by atoms with Crippen LogP contribution in [0.1, 0.15) is 52.5 Å². The van der Waals surface area contributed by atoms with E-state index in [1.807, 2.05) is 0 Å². The maximum atomic E-state index is 3.74. The first-order valence-electron chi connectivity index (χ1n) is 8.37. The number of benzene rings is 1. The molecule has 0 radical (unpaired) electrons. The zero-order valence-corrected chi connectivity index (χ0v) is 14.4. The zero-order chi connectivity index (χ0) is 15.5. The van der Waals surface area contributed by atoms with Gasteiger partial charge < -0.3 is 10.2 Å². The topological polar surface area (TPSA) is 15.3 Å². The Labute approximate surface area is 130 Å². The van der Waals surface area contributed by atoms with Gasteiger partial charge in [-0.05, 0) is 45.7 Å². The average Bonchev–Trinajstić information content (AvgIpc) is 3.30. The van der Waals surface area contributed by atoms with Crippen molar-refractivity contribution in [2.75, 3.05) is 20.1 Å². The van der Waals surface area contributed by atoms with E-state index in [0.717, 1.165) is 19.1 Å². The largest absolute Gasteiger partial charge is 0.313 e. The van der Waals surface area contributed by atoms with Crippen LogP contribution in [-0.2, 0) is 5.41 Å². The van der Waals surface area contributed by atoms with Crippen molar-refractivity contribution in [3.05, 3.63) is 35.9 Å². The molecule has 0 aromatic heterocycles. The summed E-state index contributed by atoms with van der Waals surface area (Å²) in [5.41, 5.74) is 1.85. The second-order valence-corrected chi connectivity index (χ2v) is 7.60. The van der Waals surface area contributed by atoms with Gasteiger partial charge in [-0.1, -0.05) is 44.2 Å². The molecule has 118 valence electrons. The lowest BCUT2D eigenvalue weighted by Gasteiger charge is -2.42. The molecule has 1 aliphatic rings. The fraction of sp³-hybridized carbons (Fsp3) is 0.684. The van der Waals surface area contributed by atoms with Crippen LogP contribution in [0.15, 0.2) is 30.3 Å².